The van der Waals surface area contributed by atoms with E-state index in [4.69, 9.17) is 0 Å². The SMILES string of the molecule is CC1(C)C2CCC1(C)C(O)C2.OC1CCC2CCCCC2C1. The fourth-order valence-corrected chi connectivity index (χ4v) is 6.01. The summed E-state index contributed by atoms with van der Waals surface area (Å²) in [7, 11) is 0. The summed E-state index contributed by atoms with van der Waals surface area (Å²) in [4.78, 5) is 0. The van der Waals surface area contributed by atoms with Gasteiger partial charge in [-0.05, 0) is 67.1 Å². The molecular formula is C20H36O2. The van der Waals surface area contributed by atoms with Crippen molar-refractivity contribution in [1.82, 2.24) is 0 Å². The molecule has 0 aromatic heterocycles. The van der Waals surface area contributed by atoms with Crippen LogP contribution in [0.15, 0.2) is 0 Å². The quantitative estimate of drug-likeness (QED) is 0.690. The van der Waals surface area contributed by atoms with Gasteiger partial charge in [-0.1, -0.05) is 46.5 Å². The van der Waals surface area contributed by atoms with Crippen LogP contribution < -0.4 is 0 Å². The zero-order valence-electron chi connectivity index (χ0n) is 14.9. The molecule has 0 aromatic carbocycles. The van der Waals surface area contributed by atoms with E-state index < -0.39 is 0 Å². The number of aliphatic hydroxyl groups excluding tert-OH is 2. The summed E-state index contributed by atoms with van der Waals surface area (Å²) in [6.45, 7) is 6.90. The number of rotatable bonds is 0. The molecule has 4 rings (SSSR count). The fraction of sp³-hybridized carbons (Fsp3) is 1.00. The maximum Gasteiger partial charge on any atom is 0.0601 e. The maximum atomic E-state index is 9.81. The molecule has 0 saturated heterocycles. The summed E-state index contributed by atoms with van der Waals surface area (Å²) >= 11 is 0. The lowest BCUT2D eigenvalue weighted by Gasteiger charge is -2.37. The van der Waals surface area contributed by atoms with E-state index >= 15 is 0 Å². The third-order valence-electron chi connectivity index (χ3n) is 8.26. The molecule has 2 N–H and O–H groups in total. The van der Waals surface area contributed by atoms with Crippen LogP contribution in [0.4, 0.5) is 0 Å². The highest BCUT2D eigenvalue weighted by atomic mass is 16.3. The van der Waals surface area contributed by atoms with Crippen LogP contribution in [0.3, 0.4) is 0 Å². The Kier molecular flexibility index (Phi) is 4.64. The lowest BCUT2D eigenvalue weighted by molar-refractivity contribution is 0.0126. The molecule has 128 valence electrons. The largest absolute Gasteiger partial charge is 0.393 e. The minimum absolute atomic E-state index is 0.0313. The zero-order chi connectivity index (χ0) is 16.0. The lowest BCUT2D eigenvalue weighted by atomic mass is 9.70. The average molecular weight is 309 g/mol. The number of hydrogen-bond donors (Lipinski definition) is 2. The van der Waals surface area contributed by atoms with Crippen molar-refractivity contribution < 1.29 is 10.2 Å². The van der Waals surface area contributed by atoms with Crippen LogP contribution in [0.2, 0.25) is 0 Å². The van der Waals surface area contributed by atoms with Gasteiger partial charge in [0.15, 0.2) is 0 Å². The third-order valence-corrected chi connectivity index (χ3v) is 8.26. The number of fused-ring (bicyclic) bond motifs is 3. The van der Waals surface area contributed by atoms with Crippen molar-refractivity contribution in [2.24, 2.45) is 28.6 Å². The topological polar surface area (TPSA) is 40.5 Å². The Balaban J connectivity index is 0.000000131. The van der Waals surface area contributed by atoms with Gasteiger partial charge in [0.05, 0.1) is 12.2 Å². The molecule has 4 saturated carbocycles. The van der Waals surface area contributed by atoms with Crippen LogP contribution in [0.25, 0.3) is 0 Å². The van der Waals surface area contributed by atoms with E-state index in [0.717, 1.165) is 37.0 Å². The second-order valence-corrected chi connectivity index (χ2v) is 9.40. The van der Waals surface area contributed by atoms with E-state index in [-0.39, 0.29) is 17.6 Å². The van der Waals surface area contributed by atoms with Gasteiger partial charge in [0.2, 0.25) is 0 Å². The van der Waals surface area contributed by atoms with Gasteiger partial charge in [-0.25, -0.2) is 0 Å². The molecular weight excluding hydrogens is 272 g/mol. The molecule has 0 spiro atoms. The van der Waals surface area contributed by atoms with E-state index in [2.05, 4.69) is 20.8 Å². The summed E-state index contributed by atoms with van der Waals surface area (Å²) in [5.41, 5.74) is 0.601. The molecule has 2 bridgehead atoms. The third kappa shape index (κ3) is 2.75. The van der Waals surface area contributed by atoms with Gasteiger partial charge < -0.3 is 10.2 Å². The molecule has 22 heavy (non-hydrogen) atoms. The molecule has 0 radical (unpaired) electrons. The van der Waals surface area contributed by atoms with Crippen LogP contribution in [-0.4, -0.2) is 22.4 Å². The smallest absolute Gasteiger partial charge is 0.0601 e. The summed E-state index contributed by atoms with van der Waals surface area (Å²) in [6.07, 6.45) is 12.8. The van der Waals surface area contributed by atoms with Crippen molar-refractivity contribution in [3.05, 3.63) is 0 Å². The summed E-state index contributed by atoms with van der Waals surface area (Å²) in [6, 6.07) is 0. The Labute approximate surface area is 136 Å². The van der Waals surface area contributed by atoms with Crippen molar-refractivity contribution in [3.63, 3.8) is 0 Å². The summed E-state index contributed by atoms with van der Waals surface area (Å²) in [5, 5.41) is 19.3. The highest BCUT2D eigenvalue weighted by Crippen LogP contribution is 2.65. The Morgan fingerprint density at radius 1 is 0.773 bits per heavy atom. The van der Waals surface area contributed by atoms with Crippen LogP contribution in [-0.2, 0) is 0 Å². The van der Waals surface area contributed by atoms with Crippen molar-refractivity contribution in [3.8, 4) is 0 Å². The first-order valence-corrected chi connectivity index (χ1v) is 9.70. The van der Waals surface area contributed by atoms with Crippen molar-refractivity contribution >= 4 is 0 Å². The first kappa shape index (κ1) is 16.8. The summed E-state index contributed by atoms with van der Waals surface area (Å²) in [5.74, 6) is 2.64. The summed E-state index contributed by atoms with van der Waals surface area (Å²) < 4.78 is 0. The average Bonchev–Trinajstić information content (AvgIpc) is 2.81. The van der Waals surface area contributed by atoms with Gasteiger partial charge in [-0.15, -0.1) is 0 Å². The highest BCUT2D eigenvalue weighted by Gasteiger charge is 2.60. The van der Waals surface area contributed by atoms with Gasteiger partial charge in [0.1, 0.15) is 0 Å². The number of hydrogen-bond acceptors (Lipinski definition) is 2. The van der Waals surface area contributed by atoms with Crippen molar-refractivity contribution in [1.29, 1.82) is 0 Å². The molecule has 6 unspecified atom stereocenters. The van der Waals surface area contributed by atoms with Gasteiger partial charge in [0, 0.05) is 0 Å². The first-order chi connectivity index (χ1) is 10.3. The predicted molar refractivity (Wildman–Crippen MR) is 90.5 cm³/mol. The van der Waals surface area contributed by atoms with E-state index in [1.165, 1.54) is 44.9 Å². The lowest BCUT2D eigenvalue weighted by Crippen LogP contribution is -2.35. The Bertz CT molecular complexity index is 391. The fourth-order valence-electron chi connectivity index (χ4n) is 6.01. The van der Waals surface area contributed by atoms with Gasteiger partial charge >= 0.3 is 0 Å². The standard InChI is InChI=1S/2C10H18O/c1-9(2)7-4-5-10(9,3)8(11)6-7;11-10-6-5-8-3-1-2-4-9(8)7-10/h7-8,11H,4-6H2,1-3H3;8-11H,1-7H2. The van der Waals surface area contributed by atoms with Crippen LogP contribution in [0.1, 0.15) is 85.0 Å². The van der Waals surface area contributed by atoms with E-state index in [1.807, 2.05) is 0 Å². The number of aliphatic hydroxyl groups is 2. The van der Waals surface area contributed by atoms with Crippen LogP contribution >= 0.6 is 0 Å². The Hall–Kier alpha value is -0.0800. The normalized spacial score (nSPS) is 49.2. The van der Waals surface area contributed by atoms with Gasteiger partial charge in [0.25, 0.3) is 0 Å². The minimum atomic E-state index is -0.0313. The first-order valence-electron chi connectivity index (χ1n) is 9.70. The van der Waals surface area contributed by atoms with Crippen LogP contribution in [0.5, 0.6) is 0 Å². The van der Waals surface area contributed by atoms with Crippen LogP contribution in [0, 0.1) is 28.6 Å². The van der Waals surface area contributed by atoms with Gasteiger partial charge in [-0.3, -0.25) is 0 Å². The van der Waals surface area contributed by atoms with Gasteiger partial charge in [-0.2, -0.15) is 0 Å². The molecule has 4 fully saturated rings. The molecule has 0 aromatic rings. The van der Waals surface area contributed by atoms with E-state index in [1.54, 1.807) is 0 Å². The molecule has 4 aliphatic rings. The van der Waals surface area contributed by atoms with Crippen molar-refractivity contribution in [2.75, 3.05) is 0 Å². The predicted octanol–water partition coefficient (Wildman–Crippen LogP) is 4.53. The monoisotopic (exact) mass is 308 g/mol. The van der Waals surface area contributed by atoms with E-state index in [0.29, 0.717) is 5.41 Å². The minimum Gasteiger partial charge on any atom is -0.393 e. The zero-order valence-corrected chi connectivity index (χ0v) is 14.9. The molecule has 0 heterocycles. The van der Waals surface area contributed by atoms with Crippen molar-refractivity contribution in [2.45, 2.75) is 97.2 Å². The molecule has 6 atom stereocenters. The second-order valence-electron chi connectivity index (χ2n) is 9.40. The highest BCUT2D eigenvalue weighted by molar-refractivity contribution is 5.10. The Morgan fingerprint density at radius 2 is 1.45 bits per heavy atom. The molecule has 4 aliphatic carbocycles. The Morgan fingerprint density at radius 3 is 1.95 bits per heavy atom. The van der Waals surface area contributed by atoms with E-state index in [9.17, 15) is 10.2 Å². The molecule has 2 heteroatoms. The maximum absolute atomic E-state index is 9.81. The molecule has 2 nitrogen and oxygen atoms in total. The second kappa shape index (κ2) is 6.09. The molecule has 0 amide bonds. The molecule has 0 aliphatic heterocycles.